The summed E-state index contributed by atoms with van der Waals surface area (Å²) >= 11 is 0. The molecule has 2 nitrogen and oxygen atoms in total. The Balaban J connectivity index is 2.21. The van der Waals surface area contributed by atoms with Crippen molar-refractivity contribution >= 4 is 11.5 Å². The molecule has 0 atom stereocenters. The Hall–Kier alpha value is -0.920. The predicted octanol–water partition coefficient (Wildman–Crippen LogP) is 1.71. The molecule has 0 bridgehead atoms. The number of ketones is 1. The molecule has 0 aromatic carbocycles. The first-order chi connectivity index (χ1) is 4.79. The second kappa shape index (κ2) is 3.30. The average molecular weight is 137 g/mol. The van der Waals surface area contributed by atoms with Gasteiger partial charge in [0.1, 0.15) is 5.78 Å². The Kier molecular flexibility index (Phi) is 2.37. The van der Waals surface area contributed by atoms with Crippen LogP contribution in [0.25, 0.3) is 0 Å². The third kappa shape index (κ3) is 2.13. The van der Waals surface area contributed by atoms with Gasteiger partial charge in [-0.05, 0) is 13.3 Å². The lowest BCUT2D eigenvalue weighted by molar-refractivity contribution is -0.116. The highest BCUT2D eigenvalue weighted by atomic mass is 16.1. The van der Waals surface area contributed by atoms with E-state index in [2.05, 4.69) is 4.99 Å². The first kappa shape index (κ1) is 7.19. The maximum Gasteiger partial charge on any atom is 0.130 e. The highest BCUT2D eigenvalue weighted by Gasteiger charge is 2.01. The average Bonchev–Trinajstić information content (AvgIpc) is 2.34. The van der Waals surface area contributed by atoms with E-state index in [0.717, 1.165) is 18.6 Å². The largest absolute Gasteiger partial charge is 0.300 e. The summed E-state index contributed by atoms with van der Waals surface area (Å²) in [6.07, 6.45) is 6.22. The van der Waals surface area contributed by atoms with Crippen molar-refractivity contribution in [2.75, 3.05) is 0 Å². The fourth-order valence-electron chi connectivity index (χ4n) is 0.886. The zero-order chi connectivity index (χ0) is 7.40. The lowest BCUT2D eigenvalue weighted by atomic mass is 10.1. The molecular formula is C8H11NO. The highest BCUT2D eigenvalue weighted by molar-refractivity contribution is 5.91. The molecule has 0 N–H and O–H groups in total. The Labute approximate surface area is 60.7 Å². The van der Waals surface area contributed by atoms with Gasteiger partial charge in [-0.1, -0.05) is 6.08 Å². The second-order valence-corrected chi connectivity index (χ2v) is 2.49. The van der Waals surface area contributed by atoms with Gasteiger partial charge in [-0.2, -0.15) is 0 Å². The molecule has 0 amide bonds. The van der Waals surface area contributed by atoms with Crippen molar-refractivity contribution in [3.05, 3.63) is 12.3 Å². The number of hydrogen-bond acceptors (Lipinski definition) is 2. The van der Waals surface area contributed by atoms with Crippen LogP contribution in [0.4, 0.5) is 0 Å². The van der Waals surface area contributed by atoms with Crippen LogP contribution in [0.15, 0.2) is 17.3 Å². The van der Waals surface area contributed by atoms with Gasteiger partial charge in [-0.15, -0.1) is 0 Å². The summed E-state index contributed by atoms with van der Waals surface area (Å²) in [4.78, 5) is 14.6. The summed E-state index contributed by atoms with van der Waals surface area (Å²) in [6.45, 7) is 1.61. The van der Waals surface area contributed by atoms with Gasteiger partial charge in [0.2, 0.25) is 0 Å². The number of Topliss-reactive ketones (excluding diaryl/α,β-unsaturated/α-hetero) is 1. The lowest BCUT2D eigenvalue weighted by Gasteiger charge is -1.94. The molecule has 10 heavy (non-hydrogen) atoms. The topological polar surface area (TPSA) is 29.4 Å². The van der Waals surface area contributed by atoms with Crippen LogP contribution in [0.5, 0.6) is 0 Å². The molecule has 0 unspecified atom stereocenters. The minimum Gasteiger partial charge on any atom is -0.300 e. The predicted molar refractivity (Wildman–Crippen MR) is 41.1 cm³/mol. The molecule has 0 aromatic rings. The van der Waals surface area contributed by atoms with Crippen molar-refractivity contribution in [1.82, 2.24) is 0 Å². The number of hydrogen-bond donors (Lipinski definition) is 0. The van der Waals surface area contributed by atoms with E-state index in [1.54, 1.807) is 13.1 Å². The maximum absolute atomic E-state index is 10.5. The number of carbonyl (C=O) groups excluding carboxylic acids is 1. The van der Waals surface area contributed by atoms with Gasteiger partial charge in [0.25, 0.3) is 0 Å². The molecule has 0 fully saturated rings. The van der Waals surface area contributed by atoms with Gasteiger partial charge in [0.15, 0.2) is 0 Å². The molecule has 54 valence electrons. The van der Waals surface area contributed by atoms with Crippen LogP contribution in [-0.4, -0.2) is 11.5 Å². The number of rotatable bonds is 3. The van der Waals surface area contributed by atoms with Crippen LogP contribution in [0.1, 0.15) is 26.2 Å². The number of carbonyl (C=O) groups is 1. The van der Waals surface area contributed by atoms with E-state index >= 15 is 0 Å². The Morgan fingerprint density at radius 2 is 2.60 bits per heavy atom. The monoisotopic (exact) mass is 137 g/mol. The van der Waals surface area contributed by atoms with Gasteiger partial charge in [-0.25, -0.2) is 0 Å². The molecule has 0 radical (unpaired) electrons. The van der Waals surface area contributed by atoms with E-state index in [9.17, 15) is 4.79 Å². The third-order valence-electron chi connectivity index (χ3n) is 1.48. The van der Waals surface area contributed by atoms with E-state index in [1.165, 1.54) is 0 Å². The Morgan fingerprint density at radius 1 is 1.80 bits per heavy atom. The minimum absolute atomic E-state index is 0.245. The quantitative estimate of drug-likeness (QED) is 0.582. The van der Waals surface area contributed by atoms with Crippen LogP contribution in [0.3, 0.4) is 0 Å². The van der Waals surface area contributed by atoms with E-state index in [-0.39, 0.29) is 5.78 Å². The molecule has 1 rings (SSSR count). The van der Waals surface area contributed by atoms with Crippen LogP contribution < -0.4 is 0 Å². The number of aliphatic imine (C=N–C) groups is 1. The fourth-order valence-corrected chi connectivity index (χ4v) is 0.886. The van der Waals surface area contributed by atoms with E-state index in [1.807, 2.05) is 6.08 Å². The van der Waals surface area contributed by atoms with E-state index < -0.39 is 0 Å². The summed E-state index contributed by atoms with van der Waals surface area (Å²) in [6, 6.07) is 0. The molecule has 0 saturated carbocycles. The lowest BCUT2D eigenvalue weighted by Crippen LogP contribution is -1.97. The normalized spacial score (nSPS) is 15.5. The number of allylic oxidation sites excluding steroid dienone is 1. The second-order valence-electron chi connectivity index (χ2n) is 2.49. The van der Waals surface area contributed by atoms with Crippen LogP contribution in [-0.2, 0) is 4.79 Å². The van der Waals surface area contributed by atoms with Crippen LogP contribution in [0, 0.1) is 0 Å². The van der Waals surface area contributed by atoms with Gasteiger partial charge < -0.3 is 4.79 Å². The Bertz CT molecular complexity index is 191. The summed E-state index contributed by atoms with van der Waals surface area (Å²) in [5, 5.41) is 0. The minimum atomic E-state index is 0.245. The summed E-state index contributed by atoms with van der Waals surface area (Å²) < 4.78 is 0. The van der Waals surface area contributed by atoms with Gasteiger partial charge in [0, 0.05) is 24.8 Å². The zero-order valence-corrected chi connectivity index (χ0v) is 6.13. The van der Waals surface area contributed by atoms with E-state index in [0.29, 0.717) is 6.42 Å². The summed E-state index contributed by atoms with van der Waals surface area (Å²) in [5.41, 5.74) is 1.13. The smallest absolute Gasteiger partial charge is 0.130 e. The molecule has 2 heteroatoms. The molecule has 1 aliphatic heterocycles. The van der Waals surface area contributed by atoms with Crippen LogP contribution >= 0.6 is 0 Å². The molecule has 0 aliphatic carbocycles. The van der Waals surface area contributed by atoms with E-state index in [4.69, 9.17) is 0 Å². The summed E-state index contributed by atoms with van der Waals surface area (Å²) in [7, 11) is 0. The van der Waals surface area contributed by atoms with Gasteiger partial charge in [0.05, 0.1) is 0 Å². The molecular weight excluding hydrogens is 126 g/mol. The van der Waals surface area contributed by atoms with Crippen LogP contribution in [0.2, 0.25) is 0 Å². The van der Waals surface area contributed by atoms with Crippen molar-refractivity contribution in [2.24, 2.45) is 4.99 Å². The first-order valence-electron chi connectivity index (χ1n) is 3.49. The standard InChI is InChI=1S/C8H11NO/c1-7(10)4-5-8-3-2-6-9-8/h2,6H,3-5H2,1H3. The molecule has 0 spiro atoms. The SMILES string of the molecule is CC(=O)CCC1=NC=CC1. The van der Waals surface area contributed by atoms with Crippen molar-refractivity contribution in [3.63, 3.8) is 0 Å². The van der Waals surface area contributed by atoms with Gasteiger partial charge in [-0.3, -0.25) is 4.99 Å². The maximum atomic E-state index is 10.5. The highest BCUT2D eigenvalue weighted by Crippen LogP contribution is 2.05. The molecule has 1 aliphatic rings. The summed E-state index contributed by atoms with van der Waals surface area (Å²) in [5.74, 6) is 0.245. The Morgan fingerprint density at radius 3 is 3.10 bits per heavy atom. The first-order valence-corrected chi connectivity index (χ1v) is 3.49. The van der Waals surface area contributed by atoms with Gasteiger partial charge >= 0.3 is 0 Å². The molecule has 0 saturated heterocycles. The van der Waals surface area contributed by atoms with Crippen molar-refractivity contribution in [3.8, 4) is 0 Å². The fraction of sp³-hybridized carbons (Fsp3) is 0.500. The van der Waals surface area contributed by atoms with Crippen molar-refractivity contribution < 1.29 is 4.79 Å². The third-order valence-corrected chi connectivity index (χ3v) is 1.48. The zero-order valence-electron chi connectivity index (χ0n) is 6.13. The van der Waals surface area contributed by atoms with Crippen molar-refractivity contribution in [2.45, 2.75) is 26.2 Å². The van der Waals surface area contributed by atoms with Crippen molar-refractivity contribution in [1.29, 1.82) is 0 Å². The molecule has 0 aromatic heterocycles. The molecule has 1 heterocycles. The number of nitrogens with zero attached hydrogens (tertiary/aromatic N) is 1.